The van der Waals surface area contributed by atoms with Crippen LogP contribution in [0.1, 0.15) is 46.0 Å². The van der Waals surface area contributed by atoms with Crippen LogP contribution in [0.15, 0.2) is 0 Å². The second-order valence-electron chi connectivity index (χ2n) is 5.74. The lowest BCUT2D eigenvalue weighted by Crippen LogP contribution is -2.56. The summed E-state index contributed by atoms with van der Waals surface area (Å²) in [7, 11) is 0. The van der Waals surface area contributed by atoms with E-state index in [4.69, 9.17) is 9.47 Å². The molecule has 1 heterocycles. The molecule has 1 N–H and O–H groups in total. The van der Waals surface area contributed by atoms with Crippen LogP contribution in [0, 0.1) is 0 Å². The zero-order valence-electron chi connectivity index (χ0n) is 12.7. The molecule has 1 aliphatic heterocycles. The molecule has 2 fully saturated rings. The van der Waals surface area contributed by atoms with E-state index >= 15 is 0 Å². The highest BCUT2D eigenvalue weighted by Crippen LogP contribution is 2.39. The minimum atomic E-state index is -0.452. The largest absolute Gasteiger partial charge is 0.465 e. The third kappa shape index (κ3) is 3.89. The van der Waals surface area contributed by atoms with Crippen molar-refractivity contribution < 1.29 is 14.3 Å². The molecule has 0 aromatic carbocycles. The Morgan fingerprint density at radius 1 is 1.40 bits per heavy atom. The number of thioether (sulfide) groups is 1. The molecule has 5 heteroatoms. The molecule has 0 amide bonds. The van der Waals surface area contributed by atoms with Gasteiger partial charge in [0.1, 0.15) is 5.54 Å². The molecule has 2 atom stereocenters. The number of hydrogen-bond donors (Lipinski definition) is 1. The highest BCUT2D eigenvalue weighted by Gasteiger charge is 2.44. The molecule has 0 radical (unpaired) electrons. The Balaban J connectivity index is 1.98. The van der Waals surface area contributed by atoms with Gasteiger partial charge < -0.3 is 14.8 Å². The highest BCUT2D eigenvalue weighted by atomic mass is 32.2. The topological polar surface area (TPSA) is 47.6 Å². The molecule has 2 rings (SSSR count). The van der Waals surface area contributed by atoms with Gasteiger partial charge in [0.05, 0.1) is 25.1 Å². The first-order valence-electron chi connectivity index (χ1n) is 7.85. The van der Waals surface area contributed by atoms with E-state index in [0.717, 1.165) is 45.4 Å². The van der Waals surface area contributed by atoms with Crippen LogP contribution in [0.5, 0.6) is 0 Å². The van der Waals surface area contributed by atoms with E-state index in [9.17, 15) is 4.79 Å². The number of rotatable bonds is 7. The summed E-state index contributed by atoms with van der Waals surface area (Å²) in [6.45, 7) is 7.09. The van der Waals surface area contributed by atoms with Crippen molar-refractivity contribution in [1.82, 2.24) is 5.32 Å². The van der Waals surface area contributed by atoms with Crippen LogP contribution < -0.4 is 5.32 Å². The summed E-state index contributed by atoms with van der Waals surface area (Å²) < 4.78 is 10.6. The monoisotopic (exact) mass is 301 g/mol. The van der Waals surface area contributed by atoms with Crippen LogP contribution in [0.25, 0.3) is 0 Å². The summed E-state index contributed by atoms with van der Waals surface area (Å²) in [5, 5.41) is 4.67. The van der Waals surface area contributed by atoms with Crippen molar-refractivity contribution in [3.05, 3.63) is 0 Å². The van der Waals surface area contributed by atoms with Crippen LogP contribution in [-0.4, -0.2) is 48.4 Å². The van der Waals surface area contributed by atoms with Gasteiger partial charge in [-0.1, -0.05) is 6.92 Å². The van der Waals surface area contributed by atoms with E-state index < -0.39 is 5.54 Å². The average molecular weight is 301 g/mol. The first-order valence-corrected chi connectivity index (χ1v) is 8.80. The minimum Gasteiger partial charge on any atom is -0.465 e. The van der Waals surface area contributed by atoms with Crippen molar-refractivity contribution in [2.75, 3.05) is 26.4 Å². The van der Waals surface area contributed by atoms with Crippen molar-refractivity contribution in [3.8, 4) is 0 Å². The lowest BCUT2D eigenvalue weighted by molar-refractivity contribution is -0.152. The Labute approximate surface area is 126 Å². The smallest absolute Gasteiger partial charge is 0.326 e. The molecule has 4 nitrogen and oxygen atoms in total. The third-order valence-corrected chi connectivity index (χ3v) is 5.52. The summed E-state index contributed by atoms with van der Waals surface area (Å²) >= 11 is 2.01. The zero-order chi connectivity index (χ0) is 14.4. The number of carbonyl (C=O) groups excluding carboxylic acids is 1. The minimum absolute atomic E-state index is 0.0522. The van der Waals surface area contributed by atoms with Crippen molar-refractivity contribution in [2.45, 2.75) is 62.0 Å². The van der Waals surface area contributed by atoms with Crippen LogP contribution >= 0.6 is 11.8 Å². The maximum absolute atomic E-state index is 12.4. The number of nitrogens with one attached hydrogen (secondary N) is 1. The van der Waals surface area contributed by atoms with Gasteiger partial charge in [0.25, 0.3) is 0 Å². The second-order valence-corrected chi connectivity index (χ2v) is 7.35. The number of hydrogen-bond acceptors (Lipinski definition) is 5. The van der Waals surface area contributed by atoms with Gasteiger partial charge in [-0.3, -0.25) is 4.79 Å². The molecule has 2 unspecified atom stereocenters. The molecular formula is C15H27NO3S. The normalized spacial score (nSPS) is 30.8. The number of esters is 1. The quantitative estimate of drug-likeness (QED) is 0.732. The summed E-state index contributed by atoms with van der Waals surface area (Å²) in [4.78, 5) is 12.4. The van der Waals surface area contributed by atoms with Gasteiger partial charge >= 0.3 is 5.97 Å². The van der Waals surface area contributed by atoms with Gasteiger partial charge in [0, 0.05) is 5.25 Å². The van der Waals surface area contributed by atoms with Crippen molar-refractivity contribution in [1.29, 1.82) is 0 Å². The van der Waals surface area contributed by atoms with E-state index in [0.29, 0.717) is 17.1 Å². The molecule has 0 aromatic rings. The maximum atomic E-state index is 12.4. The van der Waals surface area contributed by atoms with E-state index in [1.54, 1.807) is 0 Å². The van der Waals surface area contributed by atoms with Crippen LogP contribution in [0.4, 0.5) is 0 Å². The van der Waals surface area contributed by atoms with Gasteiger partial charge in [-0.15, -0.1) is 0 Å². The van der Waals surface area contributed by atoms with Gasteiger partial charge in [0.2, 0.25) is 0 Å². The highest BCUT2D eigenvalue weighted by molar-refractivity contribution is 8.00. The average Bonchev–Trinajstić information content (AvgIpc) is 2.41. The van der Waals surface area contributed by atoms with Gasteiger partial charge in [-0.2, -0.15) is 11.8 Å². The van der Waals surface area contributed by atoms with E-state index in [-0.39, 0.29) is 5.97 Å². The first-order chi connectivity index (χ1) is 9.70. The fraction of sp³-hybridized carbons (Fsp3) is 0.933. The molecule has 0 bridgehead atoms. The molecule has 1 aliphatic carbocycles. The molecule has 1 saturated heterocycles. The Morgan fingerprint density at radius 2 is 2.20 bits per heavy atom. The third-order valence-electron chi connectivity index (χ3n) is 4.08. The Morgan fingerprint density at radius 3 is 2.80 bits per heavy atom. The fourth-order valence-corrected chi connectivity index (χ4v) is 4.53. The second kappa shape index (κ2) is 7.66. The van der Waals surface area contributed by atoms with Crippen LogP contribution in [0.2, 0.25) is 0 Å². The van der Waals surface area contributed by atoms with E-state index in [2.05, 4.69) is 12.2 Å². The predicted octanol–water partition coefficient (Wildman–Crippen LogP) is 2.36. The predicted molar refractivity (Wildman–Crippen MR) is 82.1 cm³/mol. The Bertz CT molecular complexity index is 322. The van der Waals surface area contributed by atoms with Crippen LogP contribution in [0.3, 0.4) is 0 Å². The van der Waals surface area contributed by atoms with Crippen molar-refractivity contribution in [3.63, 3.8) is 0 Å². The molecule has 0 spiro atoms. The lowest BCUT2D eigenvalue weighted by atomic mass is 9.81. The maximum Gasteiger partial charge on any atom is 0.326 e. The van der Waals surface area contributed by atoms with Crippen molar-refractivity contribution >= 4 is 17.7 Å². The standard InChI is InChI=1S/C15H27NO3S/c1-3-8-16-15(14(17)19-4-2)7-5-6-12(9-15)20-13-10-18-11-13/h12-13,16H,3-11H2,1-2H3. The van der Waals surface area contributed by atoms with E-state index in [1.807, 2.05) is 18.7 Å². The molecular weight excluding hydrogens is 274 g/mol. The molecule has 1 saturated carbocycles. The molecule has 20 heavy (non-hydrogen) atoms. The van der Waals surface area contributed by atoms with Crippen LogP contribution in [-0.2, 0) is 14.3 Å². The Hall–Kier alpha value is -0.260. The SMILES string of the molecule is CCCNC1(C(=O)OCC)CCCC(SC2COC2)C1. The molecule has 116 valence electrons. The molecule has 0 aromatic heterocycles. The van der Waals surface area contributed by atoms with Crippen molar-refractivity contribution in [2.24, 2.45) is 0 Å². The lowest BCUT2D eigenvalue weighted by Gasteiger charge is -2.41. The summed E-state index contributed by atoms with van der Waals surface area (Å²) in [6.07, 6.45) is 5.14. The van der Waals surface area contributed by atoms with E-state index in [1.165, 1.54) is 6.42 Å². The number of ether oxygens (including phenoxy) is 2. The molecule has 2 aliphatic rings. The Kier molecular flexibility index (Phi) is 6.18. The van der Waals surface area contributed by atoms with Gasteiger partial charge in [-0.05, 0) is 45.6 Å². The summed E-state index contributed by atoms with van der Waals surface area (Å²) in [6, 6.07) is 0. The fourth-order valence-electron chi connectivity index (χ4n) is 2.96. The first kappa shape index (κ1) is 16.1. The summed E-state index contributed by atoms with van der Waals surface area (Å²) in [5.74, 6) is -0.0522. The zero-order valence-corrected chi connectivity index (χ0v) is 13.5. The number of carbonyl (C=O) groups is 1. The summed E-state index contributed by atoms with van der Waals surface area (Å²) in [5.41, 5.74) is -0.452. The van der Waals surface area contributed by atoms with Gasteiger partial charge in [0.15, 0.2) is 0 Å². The van der Waals surface area contributed by atoms with Gasteiger partial charge in [-0.25, -0.2) is 0 Å².